The van der Waals surface area contributed by atoms with E-state index >= 15 is 0 Å². The summed E-state index contributed by atoms with van der Waals surface area (Å²) >= 11 is 0. The third-order valence-corrected chi connectivity index (χ3v) is 2.89. The number of carbonyl (C=O) groups excluding carboxylic acids is 2. The van der Waals surface area contributed by atoms with Crippen molar-refractivity contribution in [3.05, 3.63) is 17.0 Å². The molecule has 6 nitrogen and oxygen atoms in total. The number of methoxy groups -OCH3 is 1. The van der Waals surface area contributed by atoms with Crippen molar-refractivity contribution in [1.82, 2.24) is 9.78 Å². The number of rotatable bonds is 4. The fourth-order valence-corrected chi connectivity index (χ4v) is 2.17. The number of fused-ring (bicyclic) bond motifs is 1. The number of hydrogen-bond acceptors (Lipinski definition) is 5. The van der Waals surface area contributed by atoms with E-state index in [1.165, 1.54) is 6.92 Å². The van der Waals surface area contributed by atoms with Crippen molar-refractivity contribution in [3.63, 3.8) is 0 Å². The summed E-state index contributed by atoms with van der Waals surface area (Å²) in [4.78, 5) is 22.8. The van der Waals surface area contributed by atoms with Gasteiger partial charge in [-0.2, -0.15) is 5.10 Å². The molecule has 0 saturated carbocycles. The molecular weight excluding hydrogens is 236 g/mol. The third-order valence-electron chi connectivity index (χ3n) is 2.89. The zero-order valence-corrected chi connectivity index (χ0v) is 10.6. The standard InChI is InChI=1S/C12H16N2O4/c1-8(15)18-6-9-12-10(4-3-5-11(12)16)14(13-9)7-17-2/h3-7H2,1-2H3. The topological polar surface area (TPSA) is 70.4 Å². The van der Waals surface area contributed by atoms with Crippen LogP contribution in [0.1, 0.15) is 41.5 Å². The molecule has 0 N–H and O–H groups in total. The van der Waals surface area contributed by atoms with Gasteiger partial charge in [-0.1, -0.05) is 0 Å². The van der Waals surface area contributed by atoms with Crippen molar-refractivity contribution in [3.8, 4) is 0 Å². The monoisotopic (exact) mass is 252 g/mol. The molecule has 1 aromatic rings. The molecule has 2 rings (SSSR count). The molecule has 0 spiro atoms. The number of Topliss-reactive ketones (excluding diaryl/α,β-unsaturated/α-hetero) is 1. The van der Waals surface area contributed by atoms with Crippen molar-refractivity contribution in [1.29, 1.82) is 0 Å². The van der Waals surface area contributed by atoms with Gasteiger partial charge in [-0.15, -0.1) is 0 Å². The van der Waals surface area contributed by atoms with Crippen LogP contribution in [0.3, 0.4) is 0 Å². The number of esters is 1. The minimum atomic E-state index is -0.381. The predicted molar refractivity (Wildman–Crippen MR) is 62.0 cm³/mol. The molecule has 0 radical (unpaired) electrons. The van der Waals surface area contributed by atoms with Gasteiger partial charge in [0.25, 0.3) is 0 Å². The molecule has 18 heavy (non-hydrogen) atoms. The summed E-state index contributed by atoms with van der Waals surface area (Å²) in [5.41, 5.74) is 2.02. The first-order valence-electron chi connectivity index (χ1n) is 5.87. The molecule has 1 heterocycles. The molecule has 0 atom stereocenters. The van der Waals surface area contributed by atoms with Crippen LogP contribution >= 0.6 is 0 Å². The minimum absolute atomic E-state index is 0.0418. The summed E-state index contributed by atoms with van der Waals surface area (Å²) in [5.74, 6) is -0.311. The summed E-state index contributed by atoms with van der Waals surface area (Å²) < 4.78 is 11.6. The van der Waals surface area contributed by atoms with E-state index in [1.54, 1.807) is 11.8 Å². The Morgan fingerprint density at radius 2 is 2.22 bits per heavy atom. The lowest BCUT2D eigenvalue weighted by atomic mass is 9.94. The Bertz CT molecular complexity index is 479. The number of carbonyl (C=O) groups is 2. The molecule has 0 fully saturated rings. The molecule has 1 aliphatic rings. The Kier molecular flexibility index (Phi) is 3.76. The third kappa shape index (κ3) is 2.43. The summed E-state index contributed by atoms with van der Waals surface area (Å²) in [7, 11) is 1.57. The Labute approximate surface area is 105 Å². The lowest BCUT2D eigenvalue weighted by Gasteiger charge is -2.12. The van der Waals surface area contributed by atoms with Crippen molar-refractivity contribution in [2.75, 3.05) is 7.11 Å². The highest BCUT2D eigenvalue weighted by Crippen LogP contribution is 2.25. The van der Waals surface area contributed by atoms with Gasteiger partial charge in [0.05, 0.1) is 11.3 Å². The van der Waals surface area contributed by atoms with E-state index in [0.717, 1.165) is 18.5 Å². The Hall–Kier alpha value is -1.69. The number of ether oxygens (including phenoxy) is 2. The van der Waals surface area contributed by atoms with Gasteiger partial charge in [0.15, 0.2) is 5.78 Å². The average molecular weight is 252 g/mol. The second-order valence-corrected chi connectivity index (χ2v) is 4.24. The van der Waals surface area contributed by atoms with Crippen LogP contribution in [-0.2, 0) is 34.0 Å². The molecule has 1 aromatic heterocycles. The second-order valence-electron chi connectivity index (χ2n) is 4.24. The van der Waals surface area contributed by atoms with Gasteiger partial charge in [-0.25, -0.2) is 4.68 Å². The number of aromatic nitrogens is 2. The lowest BCUT2D eigenvalue weighted by molar-refractivity contribution is -0.142. The number of hydrogen-bond donors (Lipinski definition) is 0. The van der Waals surface area contributed by atoms with Crippen molar-refractivity contribution in [2.24, 2.45) is 0 Å². The van der Waals surface area contributed by atoms with E-state index < -0.39 is 0 Å². The zero-order valence-electron chi connectivity index (χ0n) is 10.6. The maximum atomic E-state index is 11.9. The maximum Gasteiger partial charge on any atom is 0.303 e. The fraction of sp³-hybridized carbons (Fsp3) is 0.583. The molecule has 0 aromatic carbocycles. The van der Waals surface area contributed by atoms with E-state index in [4.69, 9.17) is 9.47 Å². The molecule has 0 aliphatic heterocycles. The van der Waals surface area contributed by atoms with E-state index in [1.807, 2.05) is 0 Å². The highest BCUT2D eigenvalue weighted by atomic mass is 16.5. The first kappa shape index (κ1) is 12.8. The van der Waals surface area contributed by atoms with E-state index in [9.17, 15) is 9.59 Å². The smallest absolute Gasteiger partial charge is 0.303 e. The van der Waals surface area contributed by atoms with Gasteiger partial charge in [0.2, 0.25) is 0 Å². The van der Waals surface area contributed by atoms with Gasteiger partial charge >= 0.3 is 5.97 Å². The normalized spacial score (nSPS) is 14.4. The zero-order chi connectivity index (χ0) is 13.1. The van der Waals surface area contributed by atoms with Crippen LogP contribution in [0.4, 0.5) is 0 Å². The summed E-state index contributed by atoms with van der Waals surface area (Å²) in [5, 5.41) is 4.30. The number of nitrogens with zero attached hydrogens (tertiary/aromatic N) is 2. The van der Waals surface area contributed by atoms with Crippen molar-refractivity contribution >= 4 is 11.8 Å². The number of ketones is 1. The molecule has 0 amide bonds. The maximum absolute atomic E-state index is 11.9. The van der Waals surface area contributed by atoms with E-state index in [0.29, 0.717) is 24.4 Å². The van der Waals surface area contributed by atoms with E-state index in [2.05, 4.69) is 5.10 Å². The van der Waals surface area contributed by atoms with Gasteiger partial charge in [-0.3, -0.25) is 9.59 Å². The fourth-order valence-electron chi connectivity index (χ4n) is 2.17. The molecule has 0 saturated heterocycles. The van der Waals surface area contributed by atoms with Crippen LogP contribution in [0, 0.1) is 0 Å². The van der Waals surface area contributed by atoms with Crippen LogP contribution in [0.2, 0.25) is 0 Å². The molecule has 6 heteroatoms. The first-order chi connectivity index (χ1) is 8.63. The Morgan fingerprint density at radius 3 is 2.89 bits per heavy atom. The van der Waals surface area contributed by atoms with Crippen molar-refractivity contribution in [2.45, 2.75) is 39.5 Å². The largest absolute Gasteiger partial charge is 0.459 e. The molecular formula is C12H16N2O4. The van der Waals surface area contributed by atoms with Crippen LogP contribution in [-0.4, -0.2) is 28.6 Å². The SMILES string of the molecule is COCn1nc(COC(C)=O)c2c1CCCC2=O. The van der Waals surface area contributed by atoms with Gasteiger partial charge in [0.1, 0.15) is 19.0 Å². The van der Waals surface area contributed by atoms with Crippen LogP contribution in [0.5, 0.6) is 0 Å². The van der Waals surface area contributed by atoms with Gasteiger partial charge in [-0.05, 0) is 12.8 Å². The molecule has 0 bridgehead atoms. The summed E-state index contributed by atoms with van der Waals surface area (Å²) in [6.07, 6.45) is 2.16. The lowest BCUT2D eigenvalue weighted by Crippen LogP contribution is -2.15. The predicted octanol–water partition coefficient (Wildman–Crippen LogP) is 1.07. The minimum Gasteiger partial charge on any atom is -0.459 e. The van der Waals surface area contributed by atoms with E-state index in [-0.39, 0.29) is 18.4 Å². The van der Waals surface area contributed by atoms with Crippen molar-refractivity contribution < 1.29 is 19.1 Å². The molecule has 0 unspecified atom stereocenters. The van der Waals surface area contributed by atoms with Crippen LogP contribution in [0.25, 0.3) is 0 Å². The highest BCUT2D eigenvalue weighted by molar-refractivity contribution is 5.99. The first-order valence-corrected chi connectivity index (χ1v) is 5.87. The summed E-state index contributed by atoms with van der Waals surface area (Å²) in [6, 6.07) is 0. The van der Waals surface area contributed by atoms with Crippen LogP contribution in [0.15, 0.2) is 0 Å². The quantitative estimate of drug-likeness (QED) is 0.749. The van der Waals surface area contributed by atoms with Gasteiger partial charge in [0, 0.05) is 20.5 Å². The highest BCUT2D eigenvalue weighted by Gasteiger charge is 2.27. The Balaban J connectivity index is 2.33. The average Bonchev–Trinajstić information content (AvgIpc) is 2.67. The second kappa shape index (κ2) is 5.30. The Morgan fingerprint density at radius 1 is 1.44 bits per heavy atom. The van der Waals surface area contributed by atoms with Crippen LogP contribution < -0.4 is 0 Å². The molecule has 98 valence electrons. The summed E-state index contributed by atoms with van der Waals surface area (Å²) in [6.45, 7) is 1.68. The molecule has 1 aliphatic carbocycles. The van der Waals surface area contributed by atoms with Gasteiger partial charge < -0.3 is 9.47 Å².